The van der Waals surface area contributed by atoms with Crippen molar-refractivity contribution < 1.29 is 4.79 Å². The maximum atomic E-state index is 11.8. The summed E-state index contributed by atoms with van der Waals surface area (Å²) < 4.78 is 0. The van der Waals surface area contributed by atoms with Gasteiger partial charge in [-0.05, 0) is 12.5 Å². The van der Waals surface area contributed by atoms with Crippen LogP contribution in [0.4, 0.5) is 0 Å². The second kappa shape index (κ2) is 7.19. The highest BCUT2D eigenvalue weighted by Crippen LogP contribution is 2.14. The molecule has 0 bridgehead atoms. The minimum Gasteiger partial charge on any atom is -0.294 e. The van der Waals surface area contributed by atoms with E-state index in [0.29, 0.717) is 17.2 Å². The average molecular weight is 290 g/mol. The van der Waals surface area contributed by atoms with Gasteiger partial charge in [-0.1, -0.05) is 44.8 Å². The second-order valence-corrected chi connectivity index (χ2v) is 5.13. The molecule has 0 saturated carbocycles. The van der Waals surface area contributed by atoms with E-state index >= 15 is 0 Å². The van der Waals surface area contributed by atoms with E-state index in [2.05, 4.69) is 27.2 Å². The molecule has 0 aliphatic carbocycles. The Morgan fingerprint density at radius 2 is 2.05 bits per heavy atom. The smallest absolute Gasteiger partial charge is 0.232 e. The standard InChI is InChI=1S/C14H18N4OS/c1-2-3-4-5-6-7-11(19)16-14-17-12-10(8-9-15-12)13(20)18-14/h8-9H,2-7H2,1H3,(H,16,18,19,20). The van der Waals surface area contributed by atoms with Gasteiger partial charge in [0.1, 0.15) is 4.99 Å². The van der Waals surface area contributed by atoms with Crippen LogP contribution in [-0.4, -0.2) is 28.9 Å². The first-order valence-corrected chi connectivity index (χ1v) is 7.38. The monoisotopic (exact) mass is 290 g/mol. The normalized spacial score (nSPS) is 16.4. The maximum absolute atomic E-state index is 11.8. The lowest BCUT2D eigenvalue weighted by Gasteiger charge is -2.11. The van der Waals surface area contributed by atoms with E-state index in [4.69, 9.17) is 12.2 Å². The van der Waals surface area contributed by atoms with Crippen LogP contribution in [-0.2, 0) is 4.79 Å². The predicted molar refractivity (Wildman–Crippen MR) is 85.6 cm³/mol. The van der Waals surface area contributed by atoms with Crippen LogP contribution in [0.25, 0.3) is 0 Å². The first-order chi connectivity index (χ1) is 9.70. The molecule has 0 radical (unpaired) electrons. The number of amidine groups is 1. The molecule has 20 heavy (non-hydrogen) atoms. The van der Waals surface area contributed by atoms with Crippen molar-refractivity contribution in [3.8, 4) is 0 Å². The van der Waals surface area contributed by atoms with E-state index in [-0.39, 0.29) is 11.9 Å². The molecule has 2 aliphatic heterocycles. The lowest BCUT2D eigenvalue weighted by molar-refractivity contribution is -0.119. The molecule has 2 rings (SSSR count). The van der Waals surface area contributed by atoms with E-state index in [9.17, 15) is 4.79 Å². The highest BCUT2D eigenvalue weighted by Gasteiger charge is 2.21. The van der Waals surface area contributed by atoms with Gasteiger partial charge >= 0.3 is 0 Å². The van der Waals surface area contributed by atoms with Crippen LogP contribution in [0, 0.1) is 0 Å². The Balaban J connectivity index is 1.79. The van der Waals surface area contributed by atoms with Crippen LogP contribution in [0.3, 0.4) is 0 Å². The summed E-state index contributed by atoms with van der Waals surface area (Å²) in [5.74, 6) is 0.713. The molecule has 0 fully saturated rings. The third-order valence-corrected chi connectivity index (χ3v) is 3.40. The van der Waals surface area contributed by atoms with Gasteiger partial charge in [0, 0.05) is 12.6 Å². The first kappa shape index (κ1) is 14.7. The molecular weight excluding hydrogens is 272 g/mol. The van der Waals surface area contributed by atoms with Crippen LogP contribution < -0.4 is 5.32 Å². The highest BCUT2D eigenvalue weighted by atomic mass is 32.1. The SMILES string of the molecule is CCCCCCCC(=O)NC1=NC(=S)C2=CC=NC2=N1. The van der Waals surface area contributed by atoms with E-state index in [1.807, 2.05) is 0 Å². The van der Waals surface area contributed by atoms with E-state index in [0.717, 1.165) is 18.4 Å². The first-order valence-electron chi connectivity index (χ1n) is 6.97. The third kappa shape index (κ3) is 3.90. The van der Waals surface area contributed by atoms with Crippen molar-refractivity contribution in [3.05, 3.63) is 11.6 Å². The number of nitrogens with one attached hydrogen (secondary N) is 1. The Hall–Kier alpha value is -1.69. The molecule has 0 atom stereocenters. The van der Waals surface area contributed by atoms with Crippen LogP contribution in [0.2, 0.25) is 0 Å². The topological polar surface area (TPSA) is 66.2 Å². The molecular formula is C14H18N4OS. The number of hydrogen-bond acceptors (Lipinski definition) is 4. The predicted octanol–water partition coefficient (Wildman–Crippen LogP) is 2.57. The van der Waals surface area contributed by atoms with Gasteiger partial charge in [-0.3, -0.25) is 10.1 Å². The van der Waals surface area contributed by atoms with Gasteiger partial charge in [0.2, 0.25) is 11.9 Å². The lowest BCUT2D eigenvalue weighted by atomic mass is 10.1. The number of hydrogen-bond donors (Lipinski definition) is 1. The summed E-state index contributed by atoms with van der Waals surface area (Å²) >= 11 is 5.14. The summed E-state index contributed by atoms with van der Waals surface area (Å²) in [5, 5.41) is 2.69. The van der Waals surface area contributed by atoms with Crippen LogP contribution >= 0.6 is 12.2 Å². The maximum Gasteiger partial charge on any atom is 0.232 e. The molecule has 106 valence electrons. The average Bonchev–Trinajstić information content (AvgIpc) is 2.87. The highest BCUT2D eigenvalue weighted by molar-refractivity contribution is 7.81. The lowest BCUT2D eigenvalue weighted by Crippen LogP contribution is -2.32. The van der Waals surface area contributed by atoms with E-state index in [1.54, 1.807) is 12.3 Å². The molecule has 5 nitrogen and oxygen atoms in total. The van der Waals surface area contributed by atoms with Gasteiger partial charge in [-0.15, -0.1) is 0 Å². The number of rotatable bonds is 6. The van der Waals surface area contributed by atoms with Gasteiger partial charge in [-0.2, -0.15) is 4.99 Å². The number of nitrogens with zero attached hydrogens (tertiary/aromatic N) is 3. The van der Waals surface area contributed by atoms with Crippen molar-refractivity contribution in [1.29, 1.82) is 0 Å². The van der Waals surface area contributed by atoms with E-state index in [1.165, 1.54) is 19.3 Å². The fraction of sp³-hybridized carbons (Fsp3) is 0.500. The fourth-order valence-corrected chi connectivity index (χ4v) is 2.24. The molecule has 0 unspecified atom stereocenters. The second-order valence-electron chi connectivity index (χ2n) is 4.75. The molecule has 2 aliphatic rings. The molecule has 1 N–H and O–H groups in total. The molecule has 0 saturated heterocycles. The van der Waals surface area contributed by atoms with Crippen LogP contribution in [0.1, 0.15) is 45.4 Å². The molecule has 2 heterocycles. The minimum atomic E-state index is -0.0678. The van der Waals surface area contributed by atoms with Crippen molar-refractivity contribution in [2.75, 3.05) is 0 Å². The Bertz CT molecular complexity index is 531. The minimum absolute atomic E-state index is 0.0678. The Labute approximate surface area is 124 Å². The van der Waals surface area contributed by atoms with Crippen molar-refractivity contribution in [3.63, 3.8) is 0 Å². The van der Waals surface area contributed by atoms with Crippen molar-refractivity contribution >= 4 is 41.1 Å². The Kier molecular flexibility index (Phi) is 5.29. The number of unbranched alkanes of at least 4 members (excludes halogenated alkanes) is 4. The molecule has 6 heteroatoms. The molecule has 0 spiro atoms. The summed E-state index contributed by atoms with van der Waals surface area (Å²) in [7, 11) is 0. The summed E-state index contributed by atoms with van der Waals surface area (Å²) in [5.41, 5.74) is 0.748. The molecule has 1 amide bonds. The molecule has 0 aromatic rings. The van der Waals surface area contributed by atoms with Gasteiger partial charge < -0.3 is 0 Å². The number of amides is 1. The number of allylic oxidation sites excluding steroid dienone is 1. The quantitative estimate of drug-likeness (QED) is 0.603. The van der Waals surface area contributed by atoms with Gasteiger partial charge in [-0.25, -0.2) is 9.98 Å². The number of aliphatic imine (C=N–C) groups is 3. The Morgan fingerprint density at radius 3 is 2.85 bits per heavy atom. The van der Waals surface area contributed by atoms with Crippen molar-refractivity contribution in [2.45, 2.75) is 45.4 Å². The van der Waals surface area contributed by atoms with E-state index < -0.39 is 0 Å². The van der Waals surface area contributed by atoms with Gasteiger partial charge in [0.25, 0.3) is 0 Å². The van der Waals surface area contributed by atoms with Crippen LogP contribution in [0.15, 0.2) is 26.6 Å². The largest absolute Gasteiger partial charge is 0.294 e. The number of thiocarbonyl (C=S) groups is 1. The van der Waals surface area contributed by atoms with Gasteiger partial charge in [0.15, 0.2) is 5.84 Å². The summed E-state index contributed by atoms with van der Waals surface area (Å²) in [6.07, 6.45) is 9.48. The van der Waals surface area contributed by atoms with Gasteiger partial charge in [0.05, 0.1) is 5.57 Å². The third-order valence-electron chi connectivity index (χ3n) is 3.09. The van der Waals surface area contributed by atoms with Crippen LogP contribution in [0.5, 0.6) is 0 Å². The summed E-state index contributed by atoms with van der Waals surface area (Å²) in [6, 6.07) is 0. The molecule has 0 aromatic carbocycles. The van der Waals surface area contributed by atoms with Crippen molar-refractivity contribution in [2.24, 2.45) is 15.0 Å². The zero-order valence-electron chi connectivity index (χ0n) is 11.6. The zero-order chi connectivity index (χ0) is 14.4. The number of carbonyl (C=O) groups is 1. The molecule has 0 aromatic heterocycles. The Morgan fingerprint density at radius 1 is 1.25 bits per heavy atom. The zero-order valence-corrected chi connectivity index (χ0v) is 12.4. The number of guanidine groups is 1. The fourth-order valence-electron chi connectivity index (χ4n) is 2.00. The summed E-state index contributed by atoms with van der Waals surface area (Å²) in [4.78, 5) is 24.6. The number of fused-ring (bicyclic) bond motifs is 1. The number of carbonyl (C=O) groups excluding carboxylic acids is 1. The summed E-state index contributed by atoms with van der Waals surface area (Å²) in [6.45, 7) is 2.17. The van der Waals surface area contributed by atoms with Crippen molar-refractivity contribution in [1.82, 2.24) is 5.32 Å².